The lowest BCUT2D eigenvalue weighted by atomic mass is 10.2. The van der Waals surface area contributed by atoms with Crippen molar-refractivity contribution in [3.8, 4) is 0 Å². The molecule has 0 radical (unpaired) electrons. The van der Waals surface area contributed by atoms with Crippen LogP contribution in [-0.4, -0.2) is 17.9 Å². The predicted molar refractivity (Wildman–Crippen MR) is 101 cm³/mol. The number of anilines is 3. The Morgan fingerprint density at radius 2 is 1.73 bits per heavy atom. The number of rotatable bonds is 6. The van der Waals surface area contributed by atoms with Crippen LogP contribution in [0.5, 0.6) is 0 Å². The first-order chi connectivity index (χ1) is 12.4. The Balaban J connectivity index is 1.55. The summed E-state index contributed by atoms with van der Waals surface area (Å²) in [5.74, 6) is -0.568. The Morgan fingerprint density at radius 1 is 1.08 bits per heavy atom. The molecular formula is C19H19ClFN3O2. The van der Waals surface area contributed by atoms with Crippen LogP contribution in [0.1, 0.15) is 19.8 Å². The van der Waals surface area contributed by atoms with E-state index in [1.165, 1.54) is 12.1 Å². The molecule has 1 fully saturated rings. The first-order valence-electron chi connectivity index (χ1n) is 8.36. The van der Waals surface area contributed by atoms with Gasteiger partial charge in [-0.3, -0.25) is 9.59 Å². The first kappa shape index (κ1) is 18.2. The van der Waals surface area contributed by atoms with Crippen molar-refractivity contribution in [2.45, 2.75) is 25.8 Å². The Morgan fingerprint density at radius 3 is 2.35 bits per heavy atom. The molecule has 2 aromatic carbocycles. The van der Waals surface area contributed by atoms with E-state index in [-0.39, 0.29) is 22.8 Å². The van der Waals surface area contributed by atoms with Gasteiger partial charge < -0.3 is 16.0 Å². The smallest absolute Gasteiger partial charge is 0.246 e. The Bertz CT molecular complexity index is 822. The maximum Gasteiger partial charge on any atom is 0.246 e. The SMILES string of the molecule is CC(Nc1ccc(NC(=O)C2CC2)cc1)C(=O)Nc1ccc(F)cc1Cl. The van der Waals surface area contributed by atoms with Crippen molar-refractivity contribution in [1.82, 2.24) is 0 Å². The molecule has 0 spiro atoms. The van der Waals surface area contributed by atoms with Gasteiger partial charge in [0.15, 0.2) is 0 Å². The van der Waals surface area contributed by atoms with E-state index in [4.69, 9.17) is 11.6 Å². The molecule has 1 saturated carbocycles. The molecule has 0 saturated heterocycles. The minimum absolute atomic E-state index is 0.0506. The number of carbonyl (C=O) groups is 2. The highest BCUT2D eigenvalue weighted by atomic mass is 35.5. The zero-order valence-corrected chi connectivity index (χ0v) is 14.9. The fourth-order valence-corrected chi connectivity index (χ4v) is 2.60. The lowest BCUT2D eigenvalue weighted by Crippen LogP contribution is -2.31. The van der Waals surface area contributed by atoms with Crippen LogP contribution in [-0.2, 0) is 9.59 Å². The van der Waals surface area contributed by atoms with Gasteiger partial charge in [0.25, 0.3) is 0 Å². The van der Waals surface area contributed by atoms with Gasteiger partial charge >= 0.3 is 0 Å². The molecule has 2 aromatic rings. The van der Waals surface area contributed by atoms with E-state index in [2.05, 4.69) is 16.0 Å². The summed E-state index contributed by atoms with van der Waals surface area (Å²) < 4.78 is 13.1. The van der Waals surface area contributed by atoms with Gasteiger partial charge in [-0.15, -0.1) is 0 Å². The Hall–Kier alpha value is -2.60. The Labute approximate surface area is 155 Å². The van der Waals surface area contributed by atoms with Crippen molar-refractivity contribution in [3.05, 3.63) is 53.3 Å². The third-order valence-corrected chi connectivity index (χ3v) is 4.38. The summed E-state index contributed by atoms with van der Waals surface area (Å²) in [6, 6.07) is 10.4. The molecule has 26 heavy (non-hydrogen) atoms. The van der Waals surface area contributed by atoms with Crippen molar-refractivity contribution in [3.63, 3.8) is 0 Å². The monoisotopic (exact) mass is 375 g/mol. The van der Waals surface area contributed by atoms with Crippen molar-refractivity contribution >= 4 is 40.5 Å². The molecule has 1 aliphatic carbocycles. The largest absolute Gasteiger partial charge is 0.374 e. The molecule has 2 amide bonds. The minimum Gasteiger partial charge on any atom is -0.374 e. The molecule has 0 heterocycles. The van der Waals surface area contributed by atoms with Gasteiger partial charge in [0.1, 0.15) is 11.9 Å². The number of halogens is 2. The third kappa shape index (κ3) is 4.73. The normalized spacial score (nSPS) is 14.4. The van der Waals surface area contributed by atoms with E-state index < -0.39 is 11.9 Å². The highest BCUT2D eigenvalue weighted by Gasteiger charge is 2.29. The second-order valence-corrected chi connectivity index (χ2v) is 6.73. The van der Waals surface area contributed by atoms with Crippen molar-refractivity contribution in [1.29, 1.82) is 0 Å². The summed E-state index contributed by atoms with van der Waals surface area (Å²) in [5.41, 5.74) is 1.81. The molecule has 1 unspecified atom stereocenters. The molecule has 1 aliphatic rings. The van der Waals surface area contributed by atoms with Crippen molar-refractivity contribution < 1.29 is 14.0 Å². The summed E-state index contributed by atoms with van der Waals surface area (Å²) >= 11 is 5.91. The van der Waals surface area contributed by atoms with Crippen LogP contribution in [0.15, 0.2) is 42.5 Å². The zero-order valence-electron chi connectivity index (χ0n) is 14.2. The van der Waals surface area contributed by atoms with Gasteiger partial charge in [0.05, 0.1) is 10.7 Å². The molecule has 7 heteroatoms. The van der Waals surface area contributed by atoms with Crippen LogP contribution in [0.3, 0.4) is 0 Å². The van der Waals surface area contributed by atoms with Crippen LogP contribution in [0.2, 0.25) is 5.02 Å². The van der Waals surface area contributed by atoms with Gasteiger partial charge in [-0.1, -0.05) is 11.6 Å². The summed E-state index contributed by atoms with van der Waals surface area (Å²) in [4.78, 5) is 24.0. The van der Waals surface area contributed by atoms with Crippen molar-refractivity contribution in [2.75, 3.05) is 16.0 Å². The molecule has 3 N–H and O–H groups in total. The molecule has 1 atom stereocenters. The van der Waals surface area contributed by atoms with Crippen LogP contribution in [0, 0.1) is 11.7 Å². The predicted octanol–water partition coefficient (Wildman–Crippen LogP) is 4.27. The van der Waals surface area contributed by atoms with E-state index in [0.29, 0.717) is 5.69 Å². The van der Waals surface area contributed by atoms with Crippen LogP contribution in [0.25, 0.3) is 0 Å². The van der Waals surface area contributed by atoms with E-state index in [0.717, 1.165) is 30.3 Å². The van der Waals surface area contributed by atoms with Gasteiger partial charge in [0.2, 0.25) is 11.8 Å². The second-order valence-electron chi connectivity index (χ2n) is 6.32. The first-order valence-corrected chi connectivity index (χ1v) is 8.73. The lowest BCUT2D eigenvalue weighted by molar-refractivity contribution is -0.117. The number of hydrogen-bond acceptors (Lipinski definition) is 3. The average molecular weight is 376 g/mol. The molecule has 0 aromatic heterocycles. The minimum atomic E-state index is -0.539. The number of amides is 2. The summed E-state index contributed by atoms with van der Waals surface area (Å²) in [7, 11) is 0. The van der Waals surface area contributed by atoms with Crippen LogP contribution in [0.4, 0.5) is 21.5 Å². The number of carbonyl (C=O) groups excluding carboxylic acids is 2. The lowest BCUT2D eigenvalue weighted by Gasteiger charge is -2.16. The van der Waals surface area contributed by atoms with Crippen LogP contribution >= 0.6 is 11.6 Å². The van der Waals surface area contributed by atoms with Gasteiger partial charge in [0, 0.05) is 17.3 Å². The van der Waals surface area contributed by atoms with Gasteiger partial charge in [-0.2, -0.15) is 0 Å². The topological polar surface area (TPSA) is 70.2 Å². The quantitative estimate of drug-likeness (QED) is 0.706. The highest BCUT2D eigenvalue weighted by molar-refractivity contribution is 6.33. The number of nitrogens with one attached hydrogen (secondary N) is 3. The number of hydrogen-bond donors (Lipinski definition) is 3. The summed E-state index contributed by atoms with van der Waals surface area (Å²) in [6.07, 6.45) is 1.91. The second kappa shape index (κ2) is 7.74. The van der Waals surface area contributed by atoms with E-state index in [9.17, 15) is 14.0 Å². The average Bonchev–Trinajstić information content (AvgIpc) is 3.44. The zero-order chi connectivity index (χ0) is 18.7. The third-order valence-electron chi connectivity index (χ3n) is 4.07. The number of benzene rings is 2. The molecule has 3 rings (SSSR count). The van der Waals surface area contributed by atoms with Crippen molar-refractivity contribution in [2.24, 2.45) is 5.92 Å². The van der Waals surface area contributed by atoms with Crippen LogP contribution < -0.4 is 16.0 Å². The van der Waals surface area contributed by atoms with E-state index in [1.807, 2.05) is 0 Å². The fraction of sp³-hybridized carbons (Fsp3) is 0.263. The highest BCUT2D eigenvalue weighted by Crippen LogP contribution is 2.30. The fourth-order valence-electron chi connectivity index (χ4n) is 2.39. The summed E-state index contributed by atoms with van der Waals surface area (Å²) in [5, 5.41) is 8.72. The van der Waals surface area contributed by atoms with Gasteiger partial charge in [-0.05, 0) is 62.2 Å². The van der Waals surface area contributed by atoms with Gasteiger partial charge in [-0.25, -0.2) is 4.39 Å². The van der Waals surface area contributed by atoms with E-state index in [1.54, 1.807) is 31.2 Å². The maximum atomic E-state index is 13.1. The Kier molecular flexibility index (Phi) is 5.42. The molecule has 136 valence electrons. The molecule has 0 bridgehead atoms. The molecule has 0 aliphatic heterocycles. The molecular weight excluding hydrogens is 357 g/mol. The molecule has 5 nitrogen and oxygen atoms in total. The van der Waals surface area contributed by atoms with E-state index >= 15 is 0 Å². The standard InChI is InChI=1S/C19H19ClFN3O2/c1-11(18(25)24-17-9-4-13(21)10-16(17)20)22-14-5-7-15(8-6-14)23-19(26)12-2-3-12/h4-12,22H,2-3H2,1H3,(H,23,26)(H,24,25). The summed E-state index contributed by atoms with van der Waals surface area (Å²) in [6.45, 7) is 1.70. The maximum absolute atomic E-state index is 13.1.